The van der Waals surface area contributed by atoms with Crippen molar-refractivity contribution in [2.24, 2.45) is 0 Å². The summed E-state index contributed by atoms with van der Waals surface area (Å²) in [6.07, 6.45) is 0. The van der Waals surface area contributed by atoms with Gasteiger partial charge in [0.15, 0.2) is 0 Å². The average Bonchev–Trinajstić information content (AvgIpc) is 3.15. The van der Waals surface area contributed by atoms with E-state index in [0.29, 0.717) is 5.02 Å². The van der Waals surface area contributed by atoms with Crippen LogP contribution in [0.5, 0.6) is 0 Å². The molecule has 1 heterocycles. The fourth-order valence-corrected chi connectivity index (χ4v) is 3.68. The average molecular weight is 396 g/mol. The second kappa shape index (κ2) is 7.46. The van der Waals surface area contributed by atoms with Crippen LogP contribution in [0.25, 0.3) is 28.1 Å². The Hall–Kier alpha value is -3.56. The summed E-state index contributed by atoms with van der Waals surface area (Å²) in [7, 11) is 0. The van der Waals surface area contributed by atoms with E-state index in [4.69, 9.17) is 16.6 Å². The van der Waals surface area contributed by atoms with E-state index in [1.807, 2.05) is 60.7 Å². The van der Waals surface area contributed by atoms with Crippen LogP contribution in [-0.2, 0) is 0 Å². The molecule has 0 fully saturated rings. The lowest BCUT2D eigenvalue weighted by Gasteiger charge is -2.10. The standard InChI is InChI=1S/C25H18ClN3/c26-21-13-7-8-14-22(21)27-19-15-16-24-23(17-19)28-25(18-9-3-1-4-10-18)29(24)20-11-5-2-6-12-20/h1-17,27H. The minimum atomic E-state index is 0.687. The SMILES string of the molecule is Clc1ccccc1Nc1ccc2c(c1)nc(-c1ccccc1)n2-c1ccccc1. The molecule has 1 N–H and O–H groups in total. The van der Waals surface area contributed by atoms with Gasteiger partial charge in [-0.1, -0.05) is 72.3 Å². The van der Waals surface area contributed by atoms with Crippen LogP contribution in [0.2, 0.25) is 5.02 Å². The third-order valence-electron chi connectivity index (χ3n) is 4.85. The Kier molecular flexibility index (Phi) is 4.51. The van der Waals surface area contributed by atoms with Crippen molar-refractivity contribution in [2.45, 2.75) is 0 Å². The molecule has 29 heavy (non-hydrogen) atoms. The third-order valence-corrected chi connectivity index (χ3v) is 5.18. The highest BCUT2D eigenvalue weighted by atomic mass is 35.5. The lowest BCUT2D eigenvalue weighted by atomic mass is 10.2. The zero-order valence-electron chi connectivity index (χ0n) is 15.6. The molecule has 0 radical (unpaired) electrons. The minimum absolute atomic E-state index is 0.687. The van der Waals surface area contributed by atoms with Gasteiger partial charge in [-0.25, -0.2) is 4.98 Å². The molecule has 3 nitrogen and oxygen atoms in total. The number of para-hydroxylation sites is 2. The lowest BCUT2D eigenvalue weighted by Crippen LogP contribution is -1.97. The molecule has 5 aromatic rings. The molecule has 0 saturated carbocycles. The van der Waals surface area contributed by atoms with Crippen LogP contribution in [0.3, 0.4) is 0 Å². The molecule has 0 saturated heterocycles. The predicted molar refractivity (Wildman–Crippen MR) is 121 cm³/mol. The van der Waals surface area contributed by atoms with Crippen molar-refractivity contribution in [2.75, 3.05) is 5.32 Å². The first kappa shape index (κ1) is 17.5. The number of nitrogens with one attached hydrogen (secondary N) is 1. The second-order valence-corrected chi connectivity index (χ2v) is 7.19. The summed E-state index contributed by atoms with van der Waals surface area (Å²) in [4.78, 5) is 4.97. The zero-order chi connectivity index (χ0) is 19.6. The molecule has 0 atom stereocenters. The molecule has 0 spiro atoms. The fourth-order valence-electron chi connectivity index (χ4n) is 3.50. The first-order chi connectivity index (χ1) is 14.3. The largest absolute Gasteiger partial charge is 0.354 e. The smallest absolute Gasteiger partial charge is 0.145 e. The highest BCUT2D eigenvalue weighted by Gasteiger charge is 2.14. The highest BCUT2D eigenvalue weighted by molar-refractivity contribution is 6.33. The Bertz CT molecular complexity index is 1280. The molecule has 5 rings (SSSR count). The van der Waals surface area contributed by atoms with E-state index in [1.54, 1.807) is 0 Å². The van der Waals surface area contributed by atoms with Crippen molar-refractivity contribution >= 4 is 34.0 Å². The quantitative estimate of drug-likeness (QED) is 0.352. The number of aromatic nitrogens is 2. The molecule has 140 valence electrons. The number of imidazole rings is 1. The number of anilines is 2. The lowest BCUT2D eigenvalue weighted by molar-refractivity contribution is 1.10. The second-order valence-electron chi connectivity index (χ2n) is 6.78. The van der Waals surface area contributed by atoms with Gasteiger partial charge in [-0.05, 0) is 42.5 Å². The summed E-state index contributed by atoms with van der Waals surface area (Å²) >= 11 is 6.30. The highest BCUT2D eigenvalue weighted by Crippen LogP contribution is 2.31. The summed E-state index contributed by atoms with van der Waals surface area (Å²) in [6.45, 7) is 0. The van der Waals surface area contributed by atoms with Gasteiger partial charge in [0.25, 0.3) is 0 Å². The van der Waals surface area contributed by atoms with Crippen molar-refractivity contribution in [3.63, 3.8) is 0 Å². The maximum Gasteiger partial charge on any atom is 0.145 e. The van der Waals surface area contributed by atoms with E-state index in [0.717, 1.165) is 39.5 Å². The van der Waals surface area contributed by atoms with Gasteiger partial charge in [0.05, 0.1) is 21.7 Å². The van der Waals surface area contributed by atoms with Gasteiger partial charge in [0, 0.05) is 16.9 Å². The summed E-state index contributed by atoms with van der Waals surface area (Å²) in [5.41, 5.74) is 5.96. The number of halogens is 1. The summed E-state index contributed by atoms with van der Waals surface area (Å²) in [5.74, 6) is 0.918. The third kappa shape index (κ3) is 3.37. The first-order valence-corrected chi connectivity index (χ1v) is 9.82. The normalized spacial score (nSPS) is 10.9. The van der Waals surface area contributed by atoms with Crippen LogP contribution in [0, 0.1) is 0 Å². The molecule has 4 heteroatoms. The van der Waals surface area contributed by atoms with E-state index in [2.05, 4.69) is 52.3 Å². The molecular weight excluding hydrogens is 378 g/mol. The van der Waals surface area contributed by atoms with Gasteiger partial charge in [-0.3, -0.25) is 4.57 Å². The molecule has 0 unspecified atom stereocenters. The Morgan fingerprint density at radius 1 is 0.724 bits per heavy atom. The van der Waals surface area contributed by atoms with Gasteiger partial charge in [-0.15, -0.1) is 0 Å². The van der Waals surface area contributed by atoms with Crippen molar-refractivity contribution < 1.29 is 0 Å². The Morgan fingerprint density at radius 3 is 2.17 bits per heavy atom. The first-order valence-electron chi connectivity index (χ1n) is 9.44. The zero-order valence-corrected chi connectivity index (χ0v) is 16.3. The van der Waals surface area contributed by atoms with Gasteiger partial charge in [0.1, 0.15) is 5.82 Å². The predicted octanol–water partition coefficient (Wildman–Crippen LogP) is 7.09. The molecule has 4 aromatic carbocycles. The van der Waals surface area contributed by atoms with Crippen LogP contribution < -0.4 is 5.32 Å². The number of nitrogens with zero attached hydrogens (tertiary/aromatic N) is 2. The van der Waals surface area contributed by atoms with Crippen molar-refractivity contribution in [3.8, 4) is 17.1 Å². The van der Waals surface area contributed by atoms with E-state index >= 15 is 0 Å². The monoisotopic (exact) mass is 395 g/mol. The molecule has 0 aliphatic rings. The number of hydrogen-bond acceptors (Lipinski definition) is 2. The summed E-state index contributed by atoms with van der Waals surface area (Å²) in [5, 5.41) is 4.08. The van der Waals surface area contributed by atoms with E-state index in [1.165, 1.54) is 0 Å². The minimum Gasteiger partial charge on any atom is -0.354 e. The molecule has 0 aliphatic heterocycles. The van der Waals surface area contributed by atoms with Gasteiger partial charge in [-0.2, -0.15) is 0 Å². The van der Waals surface area contributed by atoms with Crippen LogP contribution in [0.15, 0.2) is 103 Å². The maximum atomic E-state index is 6.30. The van der Waals surface area contributed by atoms with Crippen molar-refractivity contribution in [1.82, 2.24) is 9.55 Å². The van der Waals surface area contributed by atoms with Gasteiger partial charge in [0.2, 0.25) is 0 Å². The van der Waals surface area contributed by atoms with Crippen molar-refractivity contribution in [3.05, 3.63) is 108 Å². The Labute approximate surface area is 174 Å². The maximum absolute atomic E-state index is 6.30. The van der Waals surface area contributed by atoms with Crippen LogP contribution in [0.1, 0.15) is 0 Å². The molecule has 1 aromatic heterocycles. The molecular formula is C25H18ClN3. The fraction of sp³-hybridized carbons (Fsp3) is 0. The van der Waals surface area contributed by atoms with Crippen LogP contribution in [0.4, 0.5) is 11.4 Å². The van der Waals surface area contributed by atoms with Gasteiger partial charge >= 0.3 is 0 Å². The van der Waals surface area contributed by atoms with Gasteiger partial charge < -0.3 is 5.32 Å². The van der Waals surface area contributed by atoms with E-state index in [9.17, 15) is 0 Å². The van der Waals surface area contributed by atoms with E-state index in [-0.39, 0.29) is 0 Å². The number of hydrogen-bond donors (Lipinski definition) is 1. The topological polar surface area (TPSA) is 29.9 Å². The van der Waals surface area contributed by atoms with Crippen LogP contribution in [-0.4, -0.2) is 9.55 Å². The molecule has 0 bridgehead atoms. The Balaban J connectivity index is 1.67. The number of benzene rings is 4. The number of rotatable bonds is 4. The van der Waals surface area contributed by atoms with E-state index < -0.39 is 0 Å². The summed E-state index contributed by atoms with van der Waals surface area (Å²) < 4.78 is 2.20. The van der Waals surface area contributed by atoms with Crippen LogP contribution >= 0.6 is 11.6 Å². The summed E-state index contributed by atoms with van der Waals surface area (Å²) in [6, 6.07) is 34.5. The van der Waals surface area contributed by atoms with Crippen molar-refractivity contribution in [1.29, 1.82) is 0 Å². The Morgan fingerprint density at radius 2 is 1.41 bits per heavy atom. The molecule has 0 aliphatic carbocycles. The molecule has 0 amide bonds. The number of fused-ring (bicyclic) bond motifs is 1.